The van der Waals surface area contributed by atoms with E-state index >= 15 is 0 Å². The highest BCUT2D eigenvalue weighted by atomic mass is 16.2. The molecule has 0 aliphatic heterocycles. The molecule has 8 nitrogen and oxygen atoms in total. The van der Waals surface area contributed by atoms with Gasteiger partial charge in [-0.15, -0.1) is 0 Å². The van der Waals surface area contributed by atoms with Crippen molar-refractivity contribution in [1.29, 1.82) is 0 Å². The molecule has 0 radical (unpaired) electrons. The van der Waals surface area contributed by atoms with E-state index in [-0.39, 0.29) is 11.5 Å². The van der Waals surface area contributed by atoms with E-state index < -0.39 is 23.2 Å². The zero-order chi connectivity index (χ0) is 21.6. The van der Waals surface area contributed by atoms with Crippen molar-refractivity contribution in [3.8, 4) is 0 Å². The molecule has 1 N–H and O–H groups in total. The molecule has 0 fully saturated rings. The van der Waals surface area contributed by atoms with E-state index in [1.54, 1.807) is 19.1 Å². The van der Waals surface area contributed by atoms with E-state index in [2.05, 4.69) is 5.32 Å². The number of hydrogen-bond donors (Lipinski definition) is 1. The highest BCUT2D eigenvalue weighted by Gasteiger charge is 2.24. The molecule has 2 rings (SSSR count). The number of aryl methyl sites for hydroxylation is 1. The first-order valence-corrected chi connectivity index (χ1v) is 9.37. The predicted molar refractivity (Wildman–Crippen MR) is 112 cm³/mol. The molecule has 154 valence electrons. The second kappa shape index (κ2) is 9.68. The molecule has 0 bridgehead atoms. The fourth-order valence-electron chi connectivity index (χ4n) is 2.85. The van der Waals surface area contributed by atoms with Crippen LogP contribution in [0.5, 0.6) is 0 Å². The largest absolute Gasteiger partial charge is 0.330 e. The van der Waals surface area contributed by atoms with Crippen LogP contribution in [0.4, 0.5) is 5.69 Å². The van der Waals surface area contributed by atoms with Gasteiger partial charge in [0, 0.05) is 38.6 Å². The molecule has 2 amide bonds. The molecule has 8 heteroatoms. The van der Waals surface area contributed by atoms with Gasteiger partial charge >= 0.3 is 5.69 Å². The molecule has 1 aromatic heterocycles. The summed E-state index contributed by atoms with van der Waals surface area (Å²) in [5.41, 5.74) is -0.0790. The summed E-state index contributed by atoms with van der Waals surface area (Å²) in [5.74, 6) is -0.692. The van der Waals surface area contributed by atoms with E-state index in [1.807, 2.05) is 25.1 Å². The average Bonchev–Trinajstić information content (AvgIpc) is 2.72. The number of carbonyl (C=O) groups is 2. The molecule has 0 spiro atoms. The lowest BCUT2D eigenvalue weighted by Crippen LogP contribution is -2.45. The quantitative estimate of drug-likeness (QED) is 0.713. The van der Waals surface area contributed by atoms with Gasteiger partial charge < -0.3 is 14.8 Å². The Morgan fingerprint density at radius 2 is 1.83 bits per heavy atom. The fourth-order valence-corrected chi connectivity index (χ4v) is 2.85. The maximum Gasteiger partial charge on any atom is 0.330 e. The average molecular weight is 398 g/mol. The predicted octanol–water partition coefficient (Wildman–Crippen LogP) is 1.36. The van der Waals surface area contributed by atoms with E-state index in [1.165, 1.54) is 41.9 Å². The molecule has 0 saturated carbocycles. The van der Waals surface area contributed by atoms with Crippen molar-refractivity contribution in [2.45, 2.75) is 26.3 Å². The standard InChI is InChI=1S/C21H26N4O4/c1-5-13-25(15(2)19(27)22-17-9-7-6-8-10-17)18(26)12-11-16-14-23(3)21(29)24(4)20(16)28/h6-12,14-15H,5,13H2,1-4H3,(H,22,27)/b12-11+. The Hall–Kier alpha value is -3.42. The van der Waals surface area contributed by atoms with Crippen LogP contribution in [-0.2, 0) is 23.7 Å². The topological polar surface area (TPSA) is 93.4 Å². The molecule has 29 heavy (non-hydrogen) atoms. The summed E-state index contributed by atoms with van der Waals surface area (Å²) in [6, 6.07) is 8.31. The minimum Gasteiger partial charge on any atom is -0.327 e. The van der Waals surface area contributed by atoms with E-state index in [0.717, 1.165) is 4.57 Å². The fraction of sp³-hybridized carbons (Fsp3) is 0.333. The number of para-hydroxylation sites is 1. The van der Waals surface area contributed by atoms with Gasteiger partial charge in [0.05, 0.1) is 5.56 Å². The van der Waals surface area contributed by atoms with Crippen LogP contribution in [0.3, 0.4) is 0 Å². The van der Waals surface area contributed by atoms with Gasteiger partial charge in [-0.25, -0.2) is 4.79 Å². The van der Waals surface area contributed by atoms with Crippen molar-refractivity contribution in [2.24, 2.45) is 14.1 Å². The van der Waals surface area contributed by atoms with Crippen LogP contribution in [0.15, 0.2) is 52.2 Å². The molecular formula is C21H26N4O4. The summed E-state index contributed by atoms with van der Waals surface area (Å²) in [6.07, 6.45) is 4.67. The zero-order valence-electron chi connectivity index (χ0n) is 17.1. The van der Waals surface area contributed by atoms with Gasteiger partial charge in [0.1, 0.15) is 6.04 Å². The molecule has 0 saturated heterocycles. The Morgan fingerprint density at radius 1 is 1.17 bits per heavy atom. The lowest BCUT2D eigenvalue weighted by atomic mass is 10.2. The number of nitrogens with zero attached hydrogens (tertiary/aromatic N) is 3. The van der Waals surface area contributed by atoms with Crippen LogP contribution < -0.4 is 16.6 Å². The van der Waals surface area contributed by atoms with Crippen LogP contribution in [0, 0.1) is 0 Å². The monoisotopic (exact) mass is 398 g/mol. The zero-order valence-corrected chi connectivity index (χ0v) is 17.1. The van der Waals surface area contributed by atoms with Crippen LogP contribution in [0.2, 0.25) is 0 Å². The molecule has 2 aromatic rings. The van der Waals surface area contributed by atoms with Gasteiger partial charge in [-0.1, -0.05) is 25.1 Å². The van der Waals surface area contributed by atoms with Crippen LogP contribution in [0.1, 0.15) is 25.8 Å². The van der Waals surface area contributed by atoms with Crippen molar-refractivity contribution >= 4 is 23.6 Å². The lowest BCUT2D eigenvalue weighted by molar-refractivity contribution is -0.134. The van der Waals surface area contributed by atoms with Crippen molar-refractivity contribution in [3.05, 3.63) is 69.0 Å². The summed E-state index contributed by atoms with van der Waals surface area (Å²) >= 11 is 0. The van der Waals surface area contributed by atoms with Gasteiger partial charge in [-0.3, -0.25) is 19.0 Å². The summed E-state index contributed by atoms with van der Waals surface area (Å²) in [6.45, 7) is 3.96. The molecule has 1 unspecified atom stereocenters. The van der Waals surface area contributed by atoms with Crippen molar-refractivity contribution in [1.82, 2.24) is 14.0 Å². The Morgan fingerprint density at radius 3 is 2.45 bits per heavy atom. The van der Waals surface area contributed by atoms with E-state index in [4.69, 9.17) is 0 Å². The molecule has 0 aliphatic rings. The molecule has 1 heterocycles. The molecule has 0 aliphatic carbocycles. The number of benzene rings is 1. The second-order valence-corrected chi connectivity index (χ2v) is 6.74. The SMILES string of the molecule is CCCN(C(=O)/C=C/c1cn(C)c(=O)n(C)c1=O)C(C)C(=O)Nc1ccccc1. The summed E-state index contributed by atoms with van der Waals surface area (Å²) in [5, 5.41) is 2.79. The van der Waals surface area contributed by atoms with Gasteiger partial charge in [0.15, 0.2) is 0 Å². The maximum absolute atomic E-state index is 12.7. The number of amides is 2. The number of anilines is 1. The maximum atomic E-state index is 12.7. The minimum absolute atomic E-state index is 0.209. The van der Waals surface area contributed by atoms with Crippen molar-refractivity contribution < 1.29 is 9.59 Å². The normalized spacial score (nSPS) is 12.0. The third-order valence-electron chi connectivity index (χ3n) is 4.51. The van der Waals surface area contributed by atoms with Gasteiger partial charge in [-0.05, 0) is 31.6 Å². The Balaban J connectivity index is 2.20. The number of hydrogen-bond acceptors (Lipinski definition) is 4. The summed E-state index contributed by atoms with van der Waals surface area (Å²) in [4.78, 5) is 50.7. The summed E-state index contributed by atoms with van der Waals surface area (Å²) < 4.78 is 2.25. The lowest BCUT2D eigenvalue weighted by Gasteiger charge is -2.27. The molecule has 1 atom stereocenters. The Kier molecular flexibility index (Phi) is 7.30. The Labute approximate surface area is 169 Å². The van der Waals surface area contributed by atoms with Crippen LogP contribution >= 0.6 is 0 Å². The van der Waals surface area contributed by atoms with Gasteiger partial charge in [-0.2, -0.15) is 0 Å². The van der Waals surface area contributed by atoms with Crippen LogP contribution in [0.25, 0.3) is 6.08 Å². The number of aromatic nitrogens is 2. The first-order chi connectivity index (χ1) is 13.8. The van der Waals surface area contributed by atoms with E-state index in [9.17, 15) is 19.2 Å². The van der Waals surface area contributed by atoms with E-state index in [0.29, 0.717) is 18.7 Å². The highest BCUT2D eigenvalue weighted by molar-refractivity contribution is 5.99. The number of nitrogens with one attached hydrogen (secondary N) is 1. The third kappa shape index (κ3) is 5.31. The van der Waals surface area contributed by atoms with Gasteiger partial charge in [0.2, 0.25) is 11.8 Å². The summed E-state index contributed by atoms with van der Waals surface area (Å²) in [7, 11) is 2.91. The highest BCUT2D eigenvalue weighted by Crippen LogP contribution is 2.10. The Bertz CT molecular complexity index is 1020. The molecule has 1 aromatic carbocycles. The van der Waals surface area contributed by atoms with Crippen LogP contribution in [-0.4, -0.2) is 38.4 Å². The first kappa shape index (κ1) is 21.9. The second-order valence-electron chi connectivity index (χ2n) is 6.74. The number of carbonyl (C=O) groups excluding carboxylic acids is 2. The molecular weight excluding hydrogens is 372 g/mol. The smallest absolute Gasteiger partial charge is 0.327 e. The minimum atomic E-state index is -0.699. The van der Waals surface area contributed by atoms with Crippen molar-refractivity contribution in [3.63, 3.8) is 0 Å². The number of rotatable bonds is 7. The van der Waals surface area contributed by atoms with Crippen molar-refractivity contribution in [2.75, 3.05) is 11.9 Å². The van der Waals surface area contributed by atoms with Gasteiger partial charge in [0.25, 0.3) is 5.56 Å². The third-order valence-corrected chi connectivity index (χ3v) is 4.51. The first-order valence-electron chi connectivity index (χ1n) is 9.37.